The van der Waals surface area contributed by atoms with Crippen molar-refractivity contribution >= 4 is 5.91 Å². The van der Waals surface area contributed by atoms with Gasteiger partial charge in [0.15, 0.2) is 0 Å². The average molecular weight is 226 g/mol. The third kappa shape index (κ3) is 2.95. The first kappa shape index (κ1) is 11.9. The van der Waals surface area contributed by atoms with E-state index in [1.54, 1.807) is 0 Å². The van der Waals surface area contributed by atoms with Crippen LogP contribution in [0.15, 0.2) is 0 Å². The van der Waals surface area contributed by atoms with Crippen LogP contribution < -0.4 is 5.32 Å². The normalized spacial score (nSPS) is 28.0. The zero-order valence-electron chi connectivity index (χ0n) is 9.98. The number of amides is 1. The van der Waals surface area contributed by atoms with E-state index in [9.17, 15) is 9.90 Å². The molecule has 0 aromatic carbocycles. The molecule has 2 fully saturated rings. The van der Waals surface area contributed by atoms with Gasteiger partial charge in [-0.3, -0.25) is 9.69 Å². The molecule has 1 saturated heterocycles. The minimum Gasteiger partial charge on any atom is -0.392 e. The molecule has 0 aromatic heterocycles. The van der Waals surface area contributed by atoms with E-state index in [1.165, 1.54) is 0 Å². The molecule has 1 aliphatic carbocycles. The molecule has 2 atom stereocenters. The zero-order chi connectivity index (χ0) is 11.5. The Morgan fingerprint density at radius 3 is 2.88 bits per heavy atom. The van der Waals surface area contributed by atoms with Crippen LogP contribution in [0.5, 0.6) is 0 Å². The third-order valence-corrected chi connectivity index (χ3v) is 3.51. The van der Waals surface area contributed by atoms with Crippen LogP contribution in [0.2, 0.25) is 0 Å². The number of likely N-dealkylation sites (tertiary alicyclic amines) is 1. The van der Waals surface area contributed by atoms with E-state index < -0.39 is 0 Å². The first-order valence-electron chi connectivity index (χ1n) is 6.43. The van der Waals surface area contributed by atoms with Gasteiger partial charge in [-0.25, -0.2) is 0 Å². The highest BCUT2D eigenvalue weighted by atomic mass is 16.3. The minimum atomic E-state index is -0.297. The van der Waals surface area contributed by atoms with Crippen LogP contribution in [0.4, 0.5) is 0 Å². The molecule has 2 N–H and O–H groups in total. The second-order valence-electron chi connectivity index (χ2n) is 5.00. The monoisotopic (exact) mass is 226 g/mol. The van der Waals surface area contributed by atoms with E-state index in [0.29, 0.717) is 12.6 Å². The Morgan fingerprint density at radius 2 is 2.25 bits per heavy atom. The van der Waals surface area contributed by atoms with Crippen molar-refractivity contribution in [3.63, 3.8) is 0 Å². The summed E-state index contributed by atoms with van der Waals surface area (Å²) in [6.45, 7) is 3.55. The van der Waals surface area contributed by atoms with Crippen molar-refractivity contribution in [1.82, 2.24) is 10.2 Å². The lowest BCUT2D eigenvalue weighted by molar-refractivity contribution is -0.126. The molecule has 1 aliphatic heterocycles. The molecule has 0 radical (unpaired) electrons. The molecule has 4 heteroatoms. The fraction of sp³-hybridized carbons (Fsp3) is 0.917. The van der Waals surface area contributed by atoms with E-state index >= 15 is 0 Å². The number of aliphatic hydroxyl groups is 1. The number of aliphatic hydroxyl groups excluding tert-OH is 1. The number of carbonyl (C=O) groups is 1. The summed E-state index contributed by atoms with van der Waals surface area (Å²) >= 11 is 0. The lowest BCUT2D eigenvalue weighted by Gasteiger charge is -2.25. The van der Waals surface area contributed by atoms with Crippen LogP contribution in [0.1, 0.15) is 39.0 Å². The molecular formula is C12H22N2O2. The van der Waals surface area contributed by atoms with Crippen LogP contribution >= 0.6 is 0 Å². The van der Waals surface area contributed by atoms with Gasteiger partial charge >= 0.3 is 0 Å². The van der Waals surface area contributed by atoms with E-state index in [4.69, 9.17) is 0 Å². The van der Waals surface area contributed by atoms with Crippen molar-refractivity contribution in [3.05, 3.63) is 0 Å². The molecule has 0 unspecified atom stereocenters. The van der Waals surface area contributed by atoms with Crippen LogP contribution in [0.25, 0.3) is 0 Å². The topological polar surface area (TPSA) is 52.6 Å². The van der Waals surface area contributed by atoms with Gasteiger partial charge in [0.2, 0.25) is 5.91 Å². The molecule has 16 heavy (non-hydrogen) atoms. The lowest BCUT2D eigenvalue weighted by Crippen LogP contribution is -2.46. The fourth-order valence-electron chi connectivity index (χ4n) is 2.27. The van der Waals surface area contributed by atoms with Gasteiger partial charge in [0.1, 0.15) is 0 Å². The predicted octanol–water partition coefficient (Wildman–Crippen LogP) is 0.500. The molecular weight excluding hydrogens is 204 g/mol. The van der Waals surface area contributed by atoms with Crippen molar-refractivity contribution in [1.29, 1.82) is 0 Å². The van der Waals surface area contributed by atoms with Gasteiger partial charge in [-0.15, -0.1) is 0 Å². The average Bonchev–Trinajstić information content (AvgIpc) is 2.95. The van der Waals surface area contributed by atoms with Crippen molar-refractivity contribution in [2.75, 3.05) is 13.1 Å². The maximum absolute atomic E-state index is 11.9. The summed E-state index contributed by atoms with van der Waals surface area (Å²) in [4.78, 5) is 14.1. The number of nitrogens with zero attached hydrogens (tertiary/aromatic N) is 1. The SMILES string of the molecule is CC[C@@H](O)CN1CCC[C@@H]1C(=O)NC1CC1. The number of rotatable bonds is 5. The molecule has 2 aliphatic rings. The summed E-state index contributed by atoms with van der Waals surface area (Å²) in [5.41, 5.74) is 0. The highest BCUT2D eigenvalue weighted by Crippen LogP contribution is 2.22. The molecule has 0 spiro atoms. The largest absolute Gasteiger partial charge is 0.392 e. The van der Waals surface area contributed by atoms with Gasteiger partial charge in [0.05, 0.1) is 12.1 Å². The molecule has 4 nitrogen and oxygen atoms in total. The van der Waals surface area contributed by atoms with Crippen molar-refractivity contribution in [2.45, 2.75) is 57.2 Å². The first-order valence-corrected chi connectivity index (χ1v) is 6.43. The van der Waals surface area contributed by atoms with Gasteiger partial charge in [0, 0.05) is 12.6 Å². The van der Waals surface area contributed by atoms with Crippen LogP contribution in [0, 0.1) is 0 Å². The molecule has 0 aromatic rings. The van der Waals surface area contributed by atoms with Crippen molar-refractivity contribution in [3.8, 4) is 0 Å². The Morgan fingerprint density at radius 1 is 1.50 bits per heavy atom. The van der Waals surface area contributed by atoms with E-state index in [-0.39, 0.29) is 18.1 Å². The molecule has 1 heterocycles. The summed E-state index contributed by atoms with van der Waals surface area (Å²) in [6.07, 6.45) is 4.74. The van der Waals surface area contributed by atoms with Gasteiger partial charge in [-0.1, -0.05) is 6.92 Å². The van der Waals surface area contributed by atoms with E-state index in [2.05, 4.69) is 10.2 Å². The van der Waals surface area contributed by atoms with E-state index in [0.717, 1.165) is 38.6 Å². The Hall–Kier alpha value is -0.610. The van der Waals surface area contributed by atoms with Crippen LogP contribution in [-0.4, -0.2) is 47.2 Å². The van der Waals surface area contributed by atoms with Crippen molar-refractivity contribution in [2.24, 2.45) is 0 Å². The molecule has 1 amide bonds. The Bertz CT molecular complexity index is 253. The number of hydrogen-bond donors (Lipinski definition) is 2. The maximum atomic E-state index is 11.9. The highest BCUT2D eigenvalue weighted by molar-refractivity contribution is 5.82. The van der Waals surface area contributed by atoms with Crippen molar-refractivity contribution < 1.29 is 9.90 Å². The summed E-state index contributed by atoms with van der Waals surface area (Å²) < 4.78 is 0. The third-order valence-electron chi connectivity index (χ3n) is 3.51. The minimum absolute atomic E-state index is 0.00167. The molecule has 1 saturated carbocycles. The van der Waals surface area contributed by atoms with Gasteiger partial charge in [-0.05, 0) is 38.6 Å². The highest BCUT2D eigenvalue weighted by Gasteiger charge is 2.34. The molecule has 0 bridgehead atoms. The summed E-state index contributed by atoms with van der Waals surface area (Å²) in [7, 11) is 0. The number of β-amino-alcohol motifs (C(OH)–C–C–N with tert-alkyl or cyclic N) is 1. The van der Waals surface area contributed by atoms with Gasteiger partial charge < -0.3 is 10.4 Å². The standard InChI is InChI=1S/C12H22N2O2/c1-2-10(15)8-14-7-3-4-11(14)12(16)13-9-5-6-9/h9-11,15H,2-8H2,1H3,(H,13,16)/t10-,11-/m1/s1. The molecule has 2 rings (SSSR count). The summed E-state index contributed by atoms with van der Waals surface area (Å²) in [5, 5.41) is 12.7. The predicted molar refractivity (Wildman–Crippen MR) is 62.1 cm³/mol. The van der Waals surface area contributed by atoms with Crippen LogP contribution in [0.3, 0.4) is 0 Å². The zero-order valence-corrected chi connectivity index (χ0v) is 9.98. The quantitative estimate of drug-likeness (QED) is 0.718. The second-order valence-corrected chi connectivity index (χ2v) is 5.00. The Labute approximate surface area is 97.0 Å². The maximum Gasteiger partial charge on any atom is 0.237 e. The smallest absolute Gasteiger partial charge is 0.237 e. The Kier molecular flexibility index (Phi) is 3.82. The lowest BCUT2D eigenvalue weighted by atomic mass is 10.2. The van der Waals surface area contributed by atoms with E-state index in [1.807, 2.05) is 6.92 Å². The number of carbonyl (C=O) groups excluding carboxylic acids is 1. The molecule has 92 valence electrons. The summed E-state index contributed by atoms with van der Waals surface area (Å²) in [6, 6.07) is 0.438. The summed E-state index contributed by atoms with van der Waals surface area (Å²) in [5.74, 6) is 0.170. The number of hydrogen-bond acceptors (Lipinski definition) is 3. The second kappa shape index (κ2) is 5.15. The van der Waals surface area contributed by atoms with Gasteiger partial charge in [-0.2, -0.15) is 0 Å². The first-order chi connectivity index (χ1) is 7.70. The number of nitrogens with one attached hydrogen (secondary N) is 1. The Balaban J connectivity index is 1.83. The van der Waals surface area contributed by atoms with Crippen LogP contribution in [-0.2, 0) is 4.79 Å². The fourth-order valence-corrected chi connectivity index (χ4v) is 2.27. The van der Waals surface area contributed by atoms with Gasteiger partial charge in [0.25, 0.3) is 0 Å².